The molecule has 150 valence electrons. The van der Waals surface area contributed by atoms with Crippen LogP contribution in [-0.4, -0.2) is 27.1 Å². The first-order valence-electron chi connectivity index (χ1n) is 9.30. The van der Waals surface area contributed by atoms with Gasteiger partial charge in [-0.2, -0.15) is 0 Å². The number of carbonyl (C=O) groups is 1. The van der Waals surface area contributed by atoms with E-state index in [0.717, 1.165) is 29.0 Å². The first-order chi connectivity index (χ1) is 13.2. The van der Waals surface area contributed by atoms with Gasteiger partial charge in [-0.1, -0.05) is 35.9 Å². The van der Waals surface area contributed by atoms with Crippen molar-refractivity contribution in [2.24, 2.45) is 0 Å². The van der Waals surface area contributed by atoms with Crippen molar-refractivity contribution in [2.45, 2.75) is 39.2 Å². The Morgan fingerprint density at radius 3 is 2.64 bits per heavy atom. The van der Waals surface area contributed by atoms with Gasteiger partial charge in [-0.3, -0.25) is 9.10 Å². The first kappa shape index (κ1) is 20.7. The Kier molecular flexibility index (Phi) is 6.01. The quantitative estimate of drug-likeness (QED) is 0.773. The van der Waals surface area contributed by atoms with Crippen molar-refractivity contribution >= 4 is 33.2 Å². The molecule has 5 nitrogen and oxygen atoms in total. The van der Waals surface area contributed by atoms with Crippen LogP contribution in [0, 0.1) is 6.92 Å². The van der Waals surface area contributed by atoms with Crippen LogP contribution in [0.15, 0.2) is 36.4 Å². The second-order valence-electron chi connectivity index (χ2n) is 7.32. The summed E-state index contributed by atoms with van der Waals surface area (Å²) in [5.41, 5.74) is 4.77. The lowest BCUT2D eigenvalue weighted by Gasteiger charge is -2.25. The lowest BCUT2D eigenvalue weighted by molar-refractivity contribution is -0.120. The van der Waals surface area contributed by atoms with E-state index in [2.05, 4.69) is 17.4 Å². The number of sulfonamides is 1. The van der Waals surface area contributed by atoms with Crippen LogP contribution in [0.5, 0.6) is 0 Å². The molecular formula is C21H25ClN2O3S. The summed E-state index contributed by atoms with van der Waals surface area (Å²) < 4.78 is 25.7. The molecule has 1 aliphatic rings. The number of benzene rings is 2. The van der Waals surface area contributed by atoms with Crippen molar-refractivity contribution in [2.75, 3.05) is 17.1 Å². The minimum absolute atomic E-state index is 0.208. The number of aryl methyl sites for hydroxylation is 2. The maximum Gasteiger partial charge on any atom is 0.241 e. The van der Waals surface area contributed by atoms with Gasteiger partial charge in [0.25, 0.3) is 0 Å². The summed E-state index contributed by atoms with van der Waals surface area (Å²) in [4.78, 5) is 12.6. The highest BCUT2D eigenvalue weighted by Gasteiger charge is 2.24. The molecule has 3 rings (SSSR count). The number of amides is 1. The summed E-state index contributed by atoms with van der Waals surface area (Å²) >= 11 is 6.13. The van der Waals surface area contributed by atoms with Gasteiger partial charge in [0.1, 0.15) is 6.54 Å². The van der Waals surface area contributed by atoms with E-state index < -0.39 is 10.0 Å². The second kappa shape index (κ2) is 8.13. The van der Waals surface area contributed by atoms with Crippen LogP contribution in [-0.2, 0) is 27.7 Å². The van der Waals surface area contributed by atoms with Crippen molar-refractivity contribution in [3.8, 4) is 0 Å². The van der Waals surface area contributed by atoms with E-state index in [1.807, 2.05) is 13.0 Å². The lowest BCUT2D eigenvalue weighted by atomic mass is 10.0. The van der Waals surface area contributed by atoms with Gasteiger partial charge in [-0.25, -0.2) is 8.42 Å². The van der Waals surface area contributed by atoms with Gasteiger partial charge in [0.15, 0.2) is 0 Å². The van der Waals surface area contributed by atoms with Gasteiger partial charge in [0.05, 0.1) is 18.0 Å². The SMILES string of the molecule is Cc1c(Cl)cccc1N(CC(=O)N[C@H](C)c1ccc2c(c1)CCC2)S(C)(=O)=O. The fraction of sp³-hybridized carbons (Fsp3) is 0.381. The summed E-state index contributed by atoms with van der Waals surface area (Å²) in [7, 11) is -3.65. The zero-order chi connectivity index (χ0) is 20.5. The molecule has 0 spiro atoms. The van der Waals surface area contributed by atoms with Crippen LogP contribution in [0.4, 0.5) is 5.69 Å². The molecule has 0 aromatic heterocycles. The Labute approximate surface area is 171 Å². The largest absolute Gasteiger partial charge is 0.348 e. The molecule has 0 aliphatic heterocycles. The molecule has 0 radical (unpaired) electrons. The molecule has 2 aromatic carbocycles. The highest BCUT2D eigenvalue weighted by molar-refractivity contribution is 7.92. The number of hydrogen-bond acceptors (Lipinski definition) is 3. The van der Waals surface area contributed by atoms with Crippen LogP contribution in [0.1, 0.15) is 41.6 Å². The Bertz CT molecular complexity index is 1000. The number of carbonyl (C=O) groups excluding carboxylic acids is 1. The van der Waals surface area contributed by atoms with E-state index in [1.165, 1.54) is 17.5 Å². The van der Waals surface area contributed by atoms with Crippen molar-refractivity contribution in [1.29, 1.82) is 0 Å². The maximum atomic E-state index is 12.6. The van der Waals surface area contributed by atoms with Crippen molar-refractivity contribution in [1.82, 2.24) is 5.32 Å². The zero-order valence-electron chi connectivity index (χ0n) is 16.3. The van der Waals surface area contributed by atoms with Crippen molar-refractivity contribution < 1.29 is 13.2 Å². The van der Waals surface area contributed by atoms with Crippen LogP contribution < -0.4 is 9.62 Å². The Hall–Kier alpha value is -2.05. The second-order valence-corrected chi connectivity index (χ2v) is 9.64. The smallest absolute Gasteiger partial charge is 0.241 e. The van der Waals surface area contributed by atoms with E-state index in [9.17, 15) is 13.2 Å². The Morgan fingerprint density at radius 1 is 1.21 bits per heavy atom. The number of anilines is 1. The molecule has 1 amide bonds. The predicted octanol–water partition coefficient (Wildman–Crippen LogP) is 3.78. The highest BCUT2D eigenvalue weighted by atomic mass is 35.5. The summed E-state index contributed by atoms with van der Waals surface area (Å²) in [5, 5.41) is 3.37. The van der Waals surface area contributed by atoms with Crippen LogP contribution in [0.2, 0.25) is 5.02 Å². The number of nitrogens with one attached hydrogen (secondary N) is 1. The average molecular weight is 421 g/mol. The fourth-order valence-corrected chi connectivity index (χ4v) is 4.69. The molecule has 1 atom stereocenters. The molecule has 28 heavy (non-hydrogen) atoms. The van der Waals surface area contributed by atoms with Gasteiger partial charge >= 0.3 is 0 Å². The monoisotopic (exact) mass is 420 g/mol. The first-order valence-corrected chi connectivity index (χ1v) is 11.5. The standard InChI is InChI=1S/C21H25ClN2O3S/c1-14-19(22)8-5-9-20(14)24(28(3,26)27)13-21(25)23-15(2)17-11-10-16-6-4-7-18(16)12-17/h5,8-12,15H,4,6-7,13H2,1-3H3,(H,23,25)/t15-/m1/s1. The molecule has 0 saturated carbocycles. The van der Waals surface area contributed by atoms with Crippen molar-refractivity contribution in [3.05, 3.63) is 63.7 Å². The van der Waals surface area contributed by atoms with Crippen LogP contribution in [0.25, 0.3) is 0 Å². The number of nitrogens with zero attached hydrogens (tertiary/aromatic N) is 1. The maximum absolute atomic E-state index is 12.6. The van der Waals surface area contributed by atoms with E-state index >= 15 is 0 Å². The summed E-state index contributed by atoms with van der Waals surface area (Å²) in [6, 6.07) is 11.1. The number of rotatable bonds is 6. The normalized spacial score (nSPS) is 14.4. The molecule has 0 unspecified atom stereocenters. The third kappa shape index (κ3) is 4.50. The number of halogens is 1. The molecule has 0 saturated heterocycles. The van der Waals surface area contributed by atoms with Gasteiger partial charge in [-0.15, -0.1) is 0 Å². The minimum Gasteiger partial charge on any atom is -0.348 e. The molecule has 1 aliphatic carbocycles. The van der Waals surface area contributed by atoms with Gasteiger partial charge in [0.2, 0.25) is 15.9 Å². The Morgan fingerprint density at radius 2 is 1.93 bits per heavy atom. The molecule has 0 fully saturated rings. The fourth-order valence-electron chi connectivity index (χ4n) is 3.61. The topological polar surface area (TPSA) is 66.5 Å². The minimum atomic E-state index is -3.65. The summed E-state index contributed by atoms with van der Waals surface area (Å²) in [6.45, 7) is 3.35. The molecule has 2 aromatic rings. The highest BCUT2D eigenvalue weighted by Crippen LogP contribution is 2.28. The summed E-state index contributed by atoms with van der Waals surface area (Å²) in [6.07, 6.45) is 4.44. The van der Waals surface area contributed by atoms with Crippen LogP contribution >= 0.6 is 11.6 Å². The third-order valence-electron chi connectivity index (χ3n) is 5.20. The zero-order valence-corrected chi connectivity index (χ0v) is 17.9. The lowest BCUT2D eigenvalue weighted by Crippen LogP contribution is -2.41. The van der Waals surface area contributed by atoms with E-state index in [0.29, 0.717) is 16.3 Å². The van der Waals surface area contributed by atoms with E-state index in [-0.39, 0.29) is 18.5 Å². The Balaban J connectivity index is 1.76. The average Bonchev–Trinajstić information content (AvgIpc) is 3.09. The molecule has 0 heterocycles. The van der Waals surface area contributed by atoms with Gasteiger partial charge in [-0.05, 0) is 67.5 Å². The number of fused-ring (bicyclic) bond motifs is 1. The van der Waals surface area contributed by atoms with Gasteiger partial charge in [0, 0.05) is 5.02 Å². The molecular weight excluding hydrogens is 396 g/mol. The van der Waals surface area contributed by atoms with Gasteiger partial charge < -0.3 is 5.32 Å². The predicted molar refractivity (Wildman–Crippen MR) is 113 cm³/mol. The van der Waals surface area contributed by atoms with Crippen LogP contribution in [0.3, 0.4) is 0 Å². The van der Waals surface area contributed by atoms with E-state index in [1.54, 1.807) is 25.1 Å². The summed E-state index contributed by atoms with van der Waals surface area (Å²) in [5.74, 6) is -0.363. The van der Waals surface area contributed by atoms with E-state index in [4.69, 9.17) is 11.6 Å². The molecule has 0 bridgehead atoms. The number of hydrogen-bond donors (Lipinski definition) is 1. The van der Waals surface area contributed by atoms with Crippen molar-refractivity contribution in [3.63, 3.8) is 0 Å². The molecule has 7 heteroatoms. The molecule has 1 N–H and O–H groups in total. The third-order valence-corrected chi connectivity index (χ3v) is 6.73.